The van der Waals surface area contributed by atoms with E-state index in [1.54, 1.807) is 6.08 Å². The molecule has 1 amide bonds. The molecule has 0 saturated heterocycles. The second kappa shape index (κ2) is 64.9. The summed E-state index contributed by atoms with van der Waals surface area (Å²) in [5.41, 5.74) is 0. The summed E-state index contributed by atoms with van der Waals surface area (Å²) in [5.74, 6) is -0.0660. The standard InChI is InChI=1S/C69H133NO5/c1-3-5-7-9-11-13-15-17-19-20-21-22-23-24-25-26-28-31-34-37-41-45-49-53-57-61-67(72)66(65-71)70-68(73)62-58-54-50-46-42-38-35-32-29-27-30-33-36-40-44-48-52-56-60-64-75-69(74)63-59-55-51-47-43-39-18-16-14-12-10-8-6-4-2/h16,18,57,61,66-67,71-72H,3-15,17,19-56,58-60,62-65H2,1-2H3,(H,70,73)/b18-16-,61-57+. The molecular weight excluding hydrogens is 923 g/mol. The highest BCUT2D eigenvalue weighted by atomic mass is 16.5. The van der Waals surface area contributed by atoms with E-state index in [9.17, 15) is 19.8 Å². The molecule has 0 radical (unpaired) electrons. The second-order valence-electron chi connectivity index (χ2n) is 23.5. The number of allylic oxidation sites excluding steroid dienone is 3. The number of hydrogen-bond acceptors (Lipinski definition) is 5. The third-order valence-corrected chi connectivity index (χ3v) is 16.0. The van der Waals surface area contributed by atoms with Crippen LogP contribution in [0, 0.1) is 0 Å². The van der Waals surface area contributed by atoms with Gasteiger partial charge in [-0.1, -0.05) is 334 Å². The molecule has 444 valence electrons. The minimum atomic E-state index is -0.848. The fourth-order valence-corrected chi connectivity index (χ4v) is 10.7. The largest absolute Gasteiger partial charge is 0.466 e. The molecule has 0 spiro atoms. The number of carbonyl (C=O) groups is 2. The van der Waals surface area contributed by atoms with Crippen LogP contribution in [0.25, 0.3) is 0 Å². The second-order valence-corrected chi connectivity index (χ2v) is 23.5. The van der Waals surface area contributed by atoms with Crippen molar-refractivity contribution in [2.45, 2.75) is 392 Å². The summed E-state index contributed by atoms with van der Waals surface area (Å²) in [6, 6.07) is -0.632. The maximum absolute atomic E-state index is 12.5. The number of esters is 1. The molecule has 0 aromatic heterocycles. The summed E-state index contributed by atoms with van der Waals surface area (Å²) in [6.07, 6.45) is 80.9. The van der Waals surface area contributed by atoms with Crippen molar-refractivity contribution in [3.63, 3.8) is 0 Å². The predicted octanol–water partition coefficient (Wildman–Crippen LogP) is 21.8. The van der Waals surface area contributed by atoms with Gasteiger partial charge < -0.3 is 20.3 Å². The van der Waals surface area contributed by atoms with Crippen LogP contribution in [0.2, 0.25) is 0 Å². The Kier molecular flexibility index (Phi) is 63.4. The molecule has 0 aliphatic heterocycles. The van der Waals surface area contributed by atoms with E-state index in [-0.39, 0.29) is 18.5 Å². The predicted molar refractivity (Wildman–Crippen MR) is 329 cm³/mol. The highest BCUT2D eigenvalue weighted by molar-refractivity contribution is 5.76. The normalized spacial score (nSPS) is 12.6. The van der Waals surface area contributed by atoms with Crippen molar-refractivity contribution in [1.29, 1.82) is 0 Å². The van der Waals surface area contributed by atoms with Gasteiger partial charge >= 0.3 is 5.97 Å². The Bertz CT molecular complexity index is 1170. The lowest BCUT2D eigenvalue weighted by atomic mass is 10.0. The van der Waals surface area contributed by atoms with E-state index in [4.69, 9.17) is 4.74 Å². The Morgan fingerprint density at radius 3 is 0.947 bits per heavy atom. The molecule has 0 bridgehead atoms. The highest BCUT2D eigenvalue weighted by Crippen LogP contribution is 2.18. The molecule has 0 aromatic rings. The van der Waals surface area contributed by atoms with Gasteiger partial charge in [-0.2, -0.15) is 0 Å². The molecular formula is C69H133NO5. The quantitative estimate of drug-likeness (QED) is 0.0320. The molecule has 2 unspecified atom stereocenters. The lowest BCUT2D eigenvalue weighted by Gasteiger charge is -2.20. The molecule has 3 N–H and O–H groups in total. The van der Waals surface area contributed by atoms with Crippen LogP contribution < -0.4 is 5.32 Å². The van der Waals surface area contributed by atoms with Gasteiger partial charge in [0.2, 0.25) is 5.91 Å². The smallest absolute Gasteiger partial charge is 0.305 e. The monoisotopic (exact) mass is 1060 g/mol. The van der Waals surface area contributed by atoms with Crippen LogP contribution in [0.1, 0.15) is 380 Å². The first-order valence-corrected chi connectivity index (χ1v) is 34.1. The fraction of sp³-hybridized carbons (Fsp3) is 0.913. The van der Waals surface area contributed by atoms with E-state index in [1.807, 2.05) is 6.08 Å². The Morgan fingerprint density at radius 2 is 0.627 bits per heavy atom. The summed E-state index contributed by atoms with van der Waals surface area (Å²) >= 11 is 0. The summed E-state index contributed by atoms with van der Waals surface area (Å²) in [4.78, 5) is 24.6. The van der Waals surface area contributed by atoms with Crippen LogP contribution in [-0.4, -0.2) is 47.4 Å². The Labute approximate surface area is 469 Å². The van der Waals surface area contributed by atoms with Gasteiger partial charge in [0, 0.05) is 12.8 Å². The lowest BCUT2D eigenvalue weighted by molar-refractivity contribution is -0.143. The zero-order valence-electron chi connectivity index (χ0n) is 50.8. The van der Waals surface area contributed by atoms with Gasteiger partial charge in [-0.05, 0) is 57.8 Å². The molecule has 0 saturated carbocycles. The van der Waals surface area contributed by atoms with E-state index >= 15 is 0 Å². The number of amides is 1. The summed E-state index contributed by atoms with van der Waals surface area (Å²) in [5, 5.41) is 23.3. The lowest BCUT2D eigenvalue weighted by Crippen LogP contribution is -2.45. The fourth-order valence-electron chi connectivity index (χ4n) is 10.7. The van der Waals surface area contributed by atoms with Crippen molar-refractivity contribution >= 4 is 11.9 Å². The van der Waals surface area contributed by atoms with Gasteiger partial charge in [0.1, 0.15) is 0 Å². The first-order chi connectivity index (χ1) is 37.0. The molecule has 0 aromatic carbocycles. The highest BCUT2D eigenvalue weighted by Gasteiger charge is 2.18. The molecule has 0 rings (SSSR count). The minimum Gasteiger partial charge on any atom is -0.466 e. The number of carbonyl (C=O) groups excluding carboxylic acids is 2. The topological polar surface area (TPSA) is 95.9 Å². The van der Waals surface area contributed by atoms with Crippen LogP contribution in [0.15, 0.2) is 24.3 Å². The number of ether oxygens (including phenoxy) is 1. The molecule has 0 heterocycles. The first kappa shape index (κ1) is 73.3. The van der Waals surface area contributed by atoms with Crippen LogP contribution in [0.5, 0.6) is 0 Å². The number of aliphatic hydroxyl groups is 2. The molecule has 0 aliphatic carbocycles. The Hall–Kier alpha value is -1.66. The van der Waals surface area contributed by atoms with Crippen molar-refractivity contribution < 1.29 is 24.5 Å². The number of aliphatic hydroxyl groups excluding tert-OH is 2. The SMILES string of the molecule is CCCCCCC/C=C\CCCCCCCC(=O)OCCCCCCCCCCCCCCCCCCCCCC(=O)NC(CO)C(O)/C=C/CCCCCCCCCCCCCCCCCCCCCCCCC. The average molecular weight is 1060 g/mol. The van der Waals surface area contributed by atoms with Gasteiger partial charge in [-0.3, -0.25) is 9.59 Å². The van der Waals surface area contributed by atoms with Gasteiger partial charge in [0.15, 0.2) is 0 Å². The van der Waals surface area contributed by atoms with Crippen molar-refractivity contribution in [1.82, 2.24) is 5.32 Å². The van der Waals surface area contributed by atoms with Gasteiger partial charge in [-0.15, -0.1) is 0 Å². The summed E-state index contributed by atoms with van der Waals surface area (Å²) < 4.78 is 5.48. The zero-order chi connectivity index (χ0) is 54.3. The zero-order valence-corrected chi connectivity index (χ0v) is 50.8. The molecule has 75 heavy (non-hydrogen) atoms. The van der Waals surface area contributed by atoms with Gasteiger partial charge in [0.05, 0.1) is 25.4 Å². The maximum Gasteiger partial charge on any atom is 0.305 e. The van der Waals surface area contributed by atoms with E-state index in [1.165, 1.54) is 308 Å². The molecule has 6 heteroatoms. The van der Waals surface area contributed by atoms with Crippen LogP contribution in [0.3, 0.4) is 0 Å². The summed E-state index contributed by atoms with van der Waals surface area (Å²) in [6.45, 7) is 4.92. The number of hydrogen-bond donors (Lipinski definition) is 3. The number of rotatable bonds is 64. The van der Waals surface area contributed by atoms with Crippen LogP contribution in [0.4, 0.5) is 0 Å². The van der Waals surface area contributed by atoms with Gasteiger partial charge in [-0.25, -0.2) is 0 Å². The number of unbranched alkanes of at least 4 members (excludes halogenated alkanes) is 51. The first-order valence-electron chi connectivity index (χ1n) is 34.1. The molecule has 0 fully saturated rings. The van der Waals surface area contributed by atoms with Crippen LogP contribution >= 0.6 is 0 Å². The minimum absolute atomic E-state index is 0.000652. The number of nitrogens with one attached hydrogen (secondary N) is 1. The third-order valence-electron chi connectivity index (χ3n) is 16.0. The van der Waals surface area contributed by atoms with E-state index in [0.717, 1.165) is 44.9 Å². The van der Waals surface area contributed by atoms with Crippen molar-refractivity contribution in [3.05, 3.63) is 24.3 Å². The average Bonchev–Trinajstić information content (AvgIpc) is 3.41. The molecule has 6 nitrogen and oxygen atoms in total. The van der Waals surface area contributed by atoms with Crippen LogP contribution in [-0.2, 0) is 14.3 Å². The Balaban J connectivity index is 3.43. The van der Waals surface area contributed by atoms with Gasteiger partial charge in [0.25, 0.3) is 0 Å². The van der Waals surface area contributed by atoms with E-state index in [2.05, 4.69) is 31.3 Å². The maximum atomic E-state index is 12.5. The molecule has 0 aliphatic rings. The van der Waals surface area contributed by atoms with Crippen molar-refractivity contribution in [3.8, 4) is 0 Å². The van der Waals surface area contributed by atoms with E-state index < -0.39 is 12.1 Å². The summed E-state index contributed by atoms with van der Waals surface area (Å²) in [7, 11) is 0. The molecule has 2 atom stereocenters. The van der Waals surface area contributed by atoms with Crippen molar-refractivity contribution in [2.75, 3.05) is 13.2 Å². The Morgan fingerprint density at radius 1 is 0.360 bits per heavy atom. The van der Waals surface area contributed by atoms with E-state index in [0.29, 0.717) is 19.4 Å². The van der Waals surface area contributed by atoms with Crippen molar-refractivity contribution in [2.24, 2.45) is 0 Å². The third kappa shape index (κ3) is 61.4.